The zero-order chi connectivity index (χ0) is 9.40. The van der Waals surface area contributed by atoms with Gasteiger partial charge in [0, 0.05) is 4.83 Å². The molecule has 1 unspecified atom stereocenters. The first-order chi connectivity index (χ1) is 5.66. The number of rotatable bonds is 5. The molecule has 0 radical (unpaired) electrons. The maximum absolute atomic E-state index is 10.8. The third-order valence-corrected chi connectivity index (χ3v) is 1.90. The molecule has 1 atom stereocenters. The second-order valence-corrected chi connectivity index (χ2v) is 4.66. The molecule has 0 aromatic rings. The Hall–Kier alpha value is -0.210. The summed E-state index contributed by atoms with van der Waals surface area (Å²) in [6, 6.07) is 1.93. The minimum atomic E-state index is -0.262. The number of ether oxygens (including phenoxy) is 1. The lowest BCUT2D eigenvalue weighted by atomic mass is 10.5. The van der Waals surface area contributed by atoms with E-state index in [4.69, 9.17) is 10.00 Å². The van der Waals surface area contributed by atoms with Crippen LogP contribution in [0.1, 0.15) is 6.92 Å². The Balaban J connectivity index is 3.29. The summed E-state index contributed by atoms with van der Waals surface area (Å²) in [4.78, 5) is 11.0. The summed E-state index contributed by atoms with van der Waals surface area (Å²) in [6.45, 7) is 2.28. The molecule has 0 rings (SSSR count). The van der Waals surface area contributed by atoms with Gasteiger partial charge in [0.25, 0.3) is 0 Å². The van der Waals surface area contributed by atoms with Crippen LogP contribution in [0.2, 0.25) is 0 Å². The first-order valence-electron chi connectivity index (χ1n) is 3.41. The molecular formula is C7H10BrNO2S. The Morgan fingerprint density at radius 1 is 1.83 bits per heavy atom. The van der Waals surface area contributed by atoms with Crippen molar-refractivity contribution in [3.63, 3.8) is 0 Å². The predicted octanol–water partition coefficient (Wildman–Crippen LogP) is 1.57. The topological polar surface area (TPSA) is 50.1 Å². The van der Waals surface area contributed by atoms with E-state index in [2.05, 4.69) is 15.9 Å². The normalized spacial score (nSPS) is 11.8. The molecule has 0 aliphatic carbocycles. The van der Waals surface area contributed by atoms with Crippen LogP contribution in [-0.4, -0.2) is 28.9 Å². The van der Waals surface area contributed by atoms with E-state index in [1.54, 1.807) is 0 Å². The van der Waals surface area contributed by atoms with E-state index < -0.39 is 0 Å². The summed E-state index contributed by atoms with van der Waals surface area (Å²) >= 11 is 4.51. The summed E-state index contributed by atoms with van der Waals surface area (Å²) in [5.41, 5.74) is 0. The monoisotopic (exact) mass is 251 g/mol. The van der Waals surface area contributed by atoms with Crippen molar-refractivity contribution in [2.45, 2.75) is 11.8 Å². The predicted molar refractivity (Wildman–Crippen MR) is 52.3 cm³/mol. The highest BCUT2D eigenvalue weighted by Crippen LogP contribution is 2.02. The maximum Gasteiger partial charge on any atom is 0.315 e. The minimum Gasteiger partial charge on any atom is -0.464 e. The number of thioether (sulfide) groups is 1. The van der Waals surface area contributed by atoms with E-state index in [1.807, 2.05) is 13.0 Å². The molecular weight excluding hydrogens is 242 g/mol. The van der Waals surface area contributed by atoms with Gasteiger partial charge in [0.05, 0.1) is 17.6 Å². The number of esters is 1. The highest BCUT2D eigenvalue weighted by molar-refractivity contribution is 9.09. The van der Waals surface area contributed by atoms with Crippen LogP contribution in [0.25, 0.3) is 0 Å². The molecule has 0 saturated heterocycles. The number of alkyl halides is 1. The third-order valence-electron chi connectivity index (χ3n) is 0.861. The van der Waals surface area contributed by atoms with Crippen LogP contribution in [0.3, 0.4) is 0 Å². The summed E-state index contributed by atoms with van der Waals surface area (Å²) in [6.07, 6.45) is 0. The summed E-state index contributed by atoms with van der Waals surface area (Å²) < 4.78 is 4.83. The van der Waals surface area contributed by atoms with Crippen molar-refractivity contribution < 1.29 is 9.53 Å². The van der Waals surface area contributed by atoms with Crippen LogP contribution in [0.15, 0.2) is 0 Å². The molecule has 0 fully saturated rings. The molecule has 0 heterocycles. The standard InChI is InChI=1S/C7H10BrNO2S/c1-6(8)4-11-7(10)5-12-3-2-9/h6H,3-5H2,1H3. The molecule has 0 spiro atoms. The zero-order valence-corrected chi connectivity index (χ0v) is 9.15. The lowest BCUT2D eigenvalue weighted by Gasteiger charge is -2.04. The smallest absolute Gasteiger partial charge is 0.315 e. The molecule has 0 N–H and O–H groups in total. The largest absolute Gasteiger partial charge is 0.464 e. The van der Waals surface area contributed by atoms with Crippen LogP contribution in [0, 0.1) is 11.3 Å². The highest BCUT2D eigenvalue weighted by Gasteiger charge is 2.04. The molecule has 0 aliphatic rings. The van der Waals surface area contributed by atoms with Gasteiger partial charge in [-0.1, -0.05) is 15.9 Å². The van der Waals surface area contributed by atoms with Gasteiger partial charge < -0.3 is 4.74 Å². The van der Waals surface area contributed by atoms with Gasteiger partial charge in [-0.25, -0.2) is 0 Å². The molecule has 0 aliphatic heterocycles. The number of carbonyl (C=O) groups excluding carboxylic acids is 1. The first-order valence-corrected chi connectivity index (χ1v) is 5.48. The maximum atomic E-state index is 10.8. The summed E-state index contributed by atoms with van der Waals surface area (Å²) in [7, 11) is 0. The Morgan fingerprint density at radius 2 is 2.50 bits per heavy atom. The molecule has 0 aromatic carbocycles. The fourth-order valence-corrected chi connectivity index (χ4v) is 1.00. The molecule has 5 heteroatoms. The Labute approximate surface area is 84.6 Å². The minimum absolute atomic E-state index is 0.183. The van der Waals surface area contributed by atoms with Crippen LogP contribution in [-0.2, 0) is 9.53 Å². The second kappa shape index (κ2) is 7.44. The van der Waals surface area contributed by atoms with E-state index >= 15 is 0 Å². The molecule has 0 bridgehead atoms. The van der Waals surface area contributed by atoms with Crippen molar-refractivity contribution in [3.8, 4) is 6.07 Å². The van der Waals surface area contributed by atoms with Crippen molar-refractivity contribution in [2.75, 3.05) is 18.1 Å². The van der Waals surface area contributed by atoms with Gasteiger partial charge in [0.15, 0.2) is 0 Å². The van der Waals surface area contributed by atoms with Crippen LogP contribution < -0.4 is 0 Å². The van der Waals surface area contributed by atoms with Gasteiger partial charge in [-0.05, 0) is 6.92 Å². The number of nitriles is 1. The number of carbonyl (C=O) groups is 1. The highest BCUT2D eigenvalue weighted by atomic mass is 79.9. The van der Waals surface area contributed by atoms with Gasteiger partial charge >= 0.3 is 5.97 Å². The molecule has 0 aromatic heterocycles. The van der Waals surface area contributed by atoms with Gasteiger partial charge in [0.1, 0.15) is 6.61 Å². The fourth-order valence-electron chi connectivity index (χ4n) is 0.429. The Kier molecular flexibility index (Phi) is 7.31. The van der Waals surface area contributed by atoms with Crippen molar-refractivity contribution in [2.24, 2.45) is 0 Å². The summed E-state index contributed by atoms with van der Waals surface area (Å²) in [5, 5.41) is 8.17. The second-order valence-electron chi connectivity index (χ2n) is 2.11. The lowest BCUT2D eigenvalue weighted by Crippen LogP contribution is -2.13. The number of hydrogen-bond acceptors (Lipinski definition) is 4. The van der Waals surface area contributed by atoms with Crippen molar-refractivity contribution >= 4 is 33.7 Å². The Morgan fingerprint density at radius 3 is 3.00 bits per heavy atom. The number of hydrogen-bond donors (Lipinski definition) is 0. The molecule has 0 amide bonds. The molecule has 0 saturated carbocycles. The molecule has 12 heavy (non-hydrogen) atoms. The van der Waals surface area contributed by atoms with E-state index in [0.29, 0.717) is 12.4 Å². The van der Waals surface area contributed by atoms with E-state index in [-0.39, 0.29) is 16.5 Å². The first kappa shape index (κ1) is 11.8. The van der Waals surface area contributed by atoms with Gasteiger partial charge in [-0.3, -0.25) is 4.79 Å². The van der Waals surface area contributed by atoms with E-state index in [9.17, 15) is 4.79 Å². The summed E-state index contributed by atoms with van der Waals surface area (Å²) in [5.74, 6) is 0.327. The quantitative estimate of drug-likeness (QED) is 0.423. The van der Waals surface area contributed by atoms with Gasteiger partial charge in [0.2, 0.25) is 0 Å². The van der Waals surface area contributed by atoms with Crippen molar-refractivity contribution in [1.29, 1.82) is 5.26 Å². The average Bonchev–Trinajstić information content (AvgIpc) is 2.01. The third kappa shape index (κ3) is 7.89. The van der Waals surface area contributed by atoms with Crippen molar-refractivity contribution in [1.82, 2.24) is 0 Å². The Bertz CT molecular complexity index is 179. The molecule has 3 nitrogen and oxygen atoms in total. The lowest BCUT2D eigenvalue weighted by molar-refractivity contribution is -0.140. The van der Waals surface area contributed by atoms with Crippen molar-refractivity contribution in [3.05, 3.63) is 0 Å². The van der Waals surface area contributed by atoms with E-state index in [1.165, 1.54) is 11.8 Å². The SMILES string of the molecule is CC(Br)COC(=O)CSCC#N. The average molecular weight is 252 g/mol. The molecule has 68 valence electrons. The van der Waals surface area contributed by atoms with E-state index in [0.717, 1.165) is 0 Å². The van der Waals surface area contributed by atoms with Crippen LogP contribution in [0.4, 0.5) is 0 Å². The fraction of sp³-hybridized carbons (Fsp3) is 0.714. The van der Waals surface area contributed by atoms with Crippen LogP contribution >= 0.6 is 27.7 Å². The number of nitrogens with zero attached hydrogens (tertiary/aromatic N) is 1. The van der Waals surface area contributed by atoms with Gasteiger partial charge in [-0.15, -0.1) is 11.8 Å². The number of halogens is 1. The zero-order valence-electron chi connectivity index (χ0n) is 6.75. The van der Waals surface area contributed by atoms with Gasteiger partial charge in [-0.2, -0.15) is 5.26 Å². The van der Waals surface area contributed by atoms with Crippen LogP contribution in [0.5, 0.6) is 0 Å².